The fraction of sp³-hybridized carbons (Fsp3) is 0.917. The summed E-state index contributed by atoms with van der Waals surface area (Å²) >= 11 is 0. The zero-order valence-corrected chi connectivity index (χ0v) is 10.6. The molecular weight excluding hydrogens is 204 g/mol. The zero-order chi connectivity index (χ0) is 12.0. The van der Waals surface area contributed by atoms with Gasteiger partial charge in [0.25, 0.3) is 0 Å². The van der Waals surface area contributed by atoms with Gasteiger partial charge in [-0.25, -0.2) is 0 Å². The van der Waals surface area contributed by atoms with Crippen LogP contribution in [0.4, 0.5) is 0 Å². The van der Waals surface area contributed by atoms with Gasteiger partial charge in [-0.05, 0) is 25.7 Å². The van der Waals surface area contributed by atoms with Crippen molar-refractivity contribution in [3.05, 3.63) is 0 Å². The third-order valence-corrected chi connectivity index (χ3v) is 2.83. The van der Waals surface area contributed by atoms with Crippen molar-refractivity contribution >= 4 is 5.91 Å². The minimum atomic E-state index is -0.130. The van der Waals surface area contributed by atoms with E-state index < -0.39 is 0 Å². The van der Waals surface area contributed by atoms with Gasteiger partial charge in [-0.2, -0.15) is 0 Å². The van der Waals surface area contributed by atoms with Crippen LogP contribution < -0.4 is 10.6 Å². The SMILES string of the molecule is CC(C)CCCNC(=O)COC1(C)CNC1. The predicted molar refractivity (Wildman–Crippen MR) is 64.3 cm³/mol. The molecule has 0 unspecified atom stereocenters. The van der Waals surface area contributed by atoms with Crippen molar-refractivity contribution in [1.82, 2.24) is 10.6 Å². The number of hydrogen-bond donors (Lipinski definition) is 2. The van der Waals surface area contributed by atoms with Crippen molar-refractivity contribution in [1.29, 1.82) is 0 Å². The molecule has 1 heterocycles. The Kier molecular flexibility index (Phi) is 5.22. The van der Waals surface area contributed by atoms with Gasteiger partial charge in [0.15, 0.2) is 0 Å². The number of rotatable bonds is 7. The number of nitrogens with one attached hydrogen (secondary N) is 2. The first-order chi connectivity index (χ1) is 7.52. The molecule has 0 aromatic rings. The van der Waals surface area contributed by atoms with E-state index in [1.807, 2.05) is 6.92 Å². The van der Waals surface area contributed by atoms with Crippen LogP contribution in [0.5, 0.6) is 0 Å². The topological polar surface area (TPSA) is 50.4 Å². The van der Waals surface area contributed by atoms with Crippen LogP contribution in [-0.2, 0) is 9.53 Å². The van der Waals surface area contributed by atoms with Gasteiger partial charge in [0.2, 0.25) is 5.91 Å². The molecule has 0 aliphatic carbocycles. The molecule has 4 heteroatoms. The smallest absolute Gasteiger partial charge is 0.246 e. The molecule has 16 heavy (non-hydrogen) atoms. The zero-order valence-electron chi connectivity index (χ0n) is 10.6. The summed E-state index contributed by atoms with van der Waals surface area (Å²) in [7, 11) is 0. The maximum absolute atomic E-state index is 11.4. The molecule has 0 aromatic heterocycles. The van der Waals surface area contributed by atoms with Gasteiger partial charge < -0.3 is 15.4 Å². The van der Waals surface area contributed by atoms with E-state index in [9.17, 15) is 4.79 Å². The summed E-state index contributed by atoms with van der Waals surface area (Å²) in [5, 5.41) is 6.01. The van der Waals surface area contributed by atoms with E-state index in [0.29, 0.717) is 5.92 Å². The summed E-state index contributed by atoms with van der Waals surface area (Å²) in [6.07, 6.45) is 2.20. The first-order valence-corrected chi connectivity index (χ1v) is 6.13. The Morgan fingerprint density at radius 2 is 2.19 bits per heavy atom. The summed E-state index contributed by atoms with van der Waals surface area (Å²) in [5.74, 6) is 0.699. The standard InChI is InChI=1S/C12H24N2O2/c1-10(2)5-4-6-14-11(15)7-16-12(3)8-13-9-12/h10,13H,4-9H2,1-3H3,(H,14,15). The Labute approximate surface area is 98.1 Å². The second-order valence-electron chi connectivity index (χ2n) is 5.23. The first kappa shape index (κ1) is 13.5. The number of amides is 1. The van der Waals surface area contributed by atoms with Crippen LogP contribution in [0.25, 0.3) is 0 Å². The van der Waals surface area contributed by atoms with Crippen LogP contribution in [-0.4, -0.2) is 37.7 Å². The van der Waals surface area contributed by atoms with E-state index in [0.717, 1.165) is 32.5 Å². The third-order valence-electron chi connectivity index (χ3n) is 2.83. The van der Waals surface area contributed by atoms with Crippen LogP contribution in [0, 0.1) is 5.92 Å². The molecule has 1 rings (SSSR count). The monoisotopic (exact) mass is 228 g/mol. The quantitative estimate of drug-likeness (QED) is 0.637. The number of carbonyl (C=O) groups is 1. The number of ether oxygens (including phenoxy) is 1. The lowest BCUT2D eigenvalue weighted by Crippen LogP contribution is -2.59. The minimum Gasteiger partial charge on any atom is -0.363 e. The molecule has 1 amide bonds. The Morgan fingerprint density at radius 3 is 2.69 bits per heavy atom. The molecule has 94 valence electrons. The normalized spacial score (nSPS) is 18.2. The van der Waals surface area contributed by atoms with E-state index in [1.165, 1.54) is 0 Å². The lowest BCUT2D eigenvalue weighted by atomic mass is 10.0. The van der Waals surface area contributed by atoms with Gasteiger partial charge >= 0.3 is 0 Å². The molecule has 0 aromatic carbocycles. The minimum absolute atomic E-state index is 0.00289. The van der Waals surface area contributed by atoms with Gasteiger partial charge in [0.05, 0.1) is 5.60 Å². The van der Waals surface area contributed by atoms with Gasteiger partial charge in [-0.15, -0.1) is 0 Å². The fourth-order valence-electron chi connectivity index (χ4n) is 1.61. The Morgan fingerprint density at radius 1 is 1.50 bits per heavy atom. The van der Waals surface area contributed by atoms with Gasteiger partial charge in [0, 0.05) is 19.6 Å². The van der Waals surface area contributed by atoms with Crippen molar-refractivity contribution in [2.45, 2.75) is 39.2 Å². The fourth-order valence-corrected chi connectivity index (χ4v) is 1.61. The maximum atomic E-state index is 11.4. The van der Waals surface area contributed by atoms with Gasteiger partial charge in [0.1, 0.15) is 6.61 Å². The highest BCUT2D eigenvalue weighted by Crippen LogP contribution is 2.14. The van der Waals surface area contributed by atoms with E-state index in [2.05, 4.69) is 24.5 Å². The van der Waals surface area contributed by atoms with E-state index in [1.54, 1.807) is 0 Å². The van der Waals surface area contributed by atoms with Crippen molar-refractivity contribution in [3.8, 4) is 0 Å². The summed E-state index contributed by atoms with van der Waals surface area (Å²) in [6.45, 7) is 9.02. The van der Waals surface area contributed by atoms with Crippen LogP contribution in [0.3, 0.4) is 0 Å². The first-order valence-electron chi connectivity index (χ1n) is 6.13. The summed E-state index contributed by atoms with van der Waals surface area (Å²) in [6, 6.07) is 0. The molecule has 1 aliphatic heterocycles. The van der Waals surface area contributed by atoms with Crippen LogP contribution >= 0.6 is 0 Å². The summed E-state index contributed by atoms with van der Waals surface area (Å²) in [5.41, 5.74) is -0.130. The summed E-state index contributed by atoms with van der Waals surface area (Å²) < 4.78 is 5.53. The highest BCUT2D eigenvalue weighted by atomic mass is 16.5. The summed E-state index contributed by atoms with van der Waals surface area (Å²) in [4.78, 5) is 11.4. The van der Waals surface area contributed by atoms with Crippen LogP contribution in [0.2, 0.25) is 0 Å². The lowest BCUT2D eigenvalue weighted by Gasteiger charge is -2.38. The Balaban J connectivity index is 1.98. The second-order valence-corrected chi connectivity index (χ2v) is 5.23. The second kappa shape index (κ2) is 6.21. The van der Waals surface area contributed by atoms with Crippen molar-refractivity contribution in [2.75, 3.05) is 26.2 Å². The lowest BCUT2D eigenvalue weighted by molar-refractivity contribution is -0.135. The highest BCUT2D eigenvalue weighted by Gasteiger charge is 2.32. The Bertz CT molecular complexity index is 225. The molecule has 1 fully saturated rings. The third kappa shape index (κ3) is 4.94. The predicted octanol–water partition coefficient (Wildman–Crippen LogP) is 0.917. The number of carbonyl (C=O) groups excluding carboxylic acids is 1. The maximum Gasteiger partial charge on any atom is 0.246 e. The molecule has 0 spiro atoms. The van der Waals surface area contributed by atoms with Gasteiger partial charge in [-0.1, -0.05) is 13.8 Å². The molecular formula is C12H24N2O2. The molecule has 1 aliphatic rings. The van der Waals surface area contributed by atoms with Crippen molar-refractivity contribution < 1.29 is 9.53 Å². The van der Waals surface area contributed by atoms with E-state index in [4.69, 9.17) is 4.74 Å². The molecule has 2 N–H and O–H groups in total. The largest absolute Gasteiger partial charge is 0.363 e. The molecule has 0 saturated carbocycles. The van der Waals surface area contributed by atoms with Gasteiger partial charge in [-0.3, -0.25) is 4.79 Å². The highest BCUT2D eigenvalue weighted by molar-refractivity contribution is 5.77. The van der Waals surface area contributed by atoms with E-state index >= 15 is 0 Å². The molecule has 0 radical (unpaired) electrons. The van der Waals surface area contributed by atoms with Crippen LogP contribution in [0.15, 0.2) is 0 Å². The van der Waals surface area contributed by atoms with Crippen LogP contribution in [0.1, 0.15) is 33.6 Å². The average molecular weight is 228 g/mol. The van der Waals surface area contributed by atoms with E-state index in [-0.39, 0.29) is 18.1 Å². The molecule has 1 saturated heterocycles. The molecule has 0 atom stereocenters. The number of hydrogen-bond acceptors (Lipinski definition) is 3. The van der Waals surface area contributed by atoms with Crippen molar-refractivity contribution in [2.24, 2.45) is 5.92 Å². The molecule has 4 nitrogen and oxygen atoms in total. The van der Waals surface area contributed by atoms with Crippen molar-refractivity contribution in [3.63, 3.8) is 0 Å². The average Bonchev–Trinajstić information content (AvgIpc) is 2.18. The molecule has 0 bridgehead atoms. The Hall–Kier alpha value is -0.610.